The predicted molar refractivity (Wildman–Crippen MR) is 74.0 cm³/mol. The van der Waals surface area contributed by atoms with Crippen molar-refractivity contribution in [2.75, 3.05) is 20.2 Å². The molecule has 0 unspecified atom stereocenters. The highest BCUT2D eigenvalue weighted by atomic mass is 32.1. The Hall–Kier alpha value is -1.36. The predicted octanol–water partition coefficient (Wildman–Crippen LogP) is 2.09. The molecule has 1 aromatic heterocycles. The maximum absolute atomic E-state index is 12.1. The Morgan fingerprint density at radius 3 is 2.95 bits per heavy atom. The molecule has 19 heavy (non-hydrogen) atoms. The first kappa shape index (κ1) is 14.1. The fourth-order valence-electron chi connectivity index (χ4n) is 2.43. The fourth-order valence-corrected chi connectivity index (χ4v) is 3.13. The first-order chi connectivity index (χ1) is 9.05. The summed E-state index contributed by atoms with van der Waals surface area (Å²) >= 11 is 1.64. The Morgan fingerprint density at radius 2 is 2.32 bits per heavy atom. The number of methoxy groups -OCH3 is 1. The third-order valence-electron chi connectivity index (χ3n) is 3.71. The topological polar surface area (TPSA) is 46.6 Å². The van der Waals surface area contributed by atoms with Crippen molar-refractivity contribution in [1.82, 2.24) is 4.90 Å². The zero-order valence-corrected chi connectivity index (χ0v) is 12.2. The molecule has 5 heteroatoms. The summed E-state index contributed by atoms with van der Waals surface area (Å²) in [6, 6.07) is 2.04. The molecule has 0 radical (unpaired) electrons. The molecule has 2 rings (SSSR count). The van der Waals surface area contributed by atoms with E-state index in [0.717, 1.165) is 6.42 Å². The number of carbonyl (C=O) groups is 2. The van der Waals surface area contributed by atoms with Gasteiger partial charge in [-0.2, -0.15) is 11.3 Å². The molecule has 0 aliphatic carbocycles. The van der Waals surface area contributed by atoms with Crippen LogP contribution < -0.4 is 0 Å². The summed E-state index contributed by atoms with van der Waals surface area (Å²) in [5.74, 6) is -0.0977. The van der Waals surface area contributed by atoms with Crippen LogP contribution in [0.4, 0.5) is 0 Å². The average molecular weight is 281 g/mol. The molecule has 1 fully saturated rings. The number of hydrogen-bond acceptors (Lipinski definition) is 4. The van der Waals surface area contributed by atoms with E-state index >= 15 is 0 Å². The summed E-state index contributed by atoms with van der Waals surface area (Å²) in [5, 5.41) is 4.08. The fraction of sp³-hybridized carbons (Fsp3) is 0.571. The lowest BCUT2D eigenvalue weighted by Crippen LogP contribution is -2.35. The molecule has 0 spiro atoms. The molecule has 4 nitrogen and oxygen atoms in total. The molecular formula is C14H19NO3S. The van der Waals surface area contributed by atoms with Gasteiger partial charge in [0.15, 0.2) is 0 Å². The lowest BCUT2D eigenvalue weighted by atomic mass is 9.90. The van der Waals surface area contributed by atoms with Gasteiger partial charge < -0.3 is 9.64 Å². The smallest absolute Gasteiger partial charge is 0.313 e. The Morgan fingerprint density at radius 1 is 1.53 bits per heavy atom. The highest BCUT2D eigenvalue weighted by Crippen LogP contribution is 2.31. The number of aryl methyl sites for hydroxylation is 1. The van der Waals surface area contributed by atoms with E-state index in [-0.39, 0.29) is 11.9 Å². The molecule has 1 aliphatic rings. The molecule has 1 saturated heterocycles. The number of nitrogens with zero attached hydrogens (tertiary/aromatic N) is 1. The number of thiophene rings is 1. The van der Waals surface area contributed by atoms with Crippen LogP contribution in [-0.4, -0.2) is 37.0 Å². The van der Waals surface area contributed by atoms with E-state index in [4.69, 9.17) is 4.74 Å². The molecule has 0 N–H and O–H groups in total. The van der Waals surface area contributed by atoms with Crippen molar-refractivity contribution in [2.45, 2.75) is 26.2 Å². The molecule has 1 aliphatic heterocycles. The third kappa shape index (κ3) is 3.15. The van der Waals surface area contributed by atoms with Crippen molar-refractivity contribution in [3.05, 3.63) is 22.4 Å². The van der Waals surface area contributed by atoms with E-state index in [9.17, 15) is 9.59 Å². The van der Waals surface area contributed by atoms with Crippen molar-refractivity contribution >= 4 is 23.2 Å². The van der Waals surface area contributed by atoms with Crippen molar-refractivity contribution < 1.29 is 14.3 Å². The summed E-state index contributed by atoms with van der Waals surface area (Å²) < 4.78 is 4.81. The number of rotatable bonds is 4. The highest BCUT2D eigenvalue weighted by Gasteiger charge is 2.42. The molecule has 0 saturated carbocycles. The van der Waals surface area contributed by atoms with Gasteiger partial charge in [0.05, 0.1) is 12.5 Å². The summed E-state index contributed by atoms with van der Waals surface area (Å²) in [4.78, 5) is 25.6. The average Bonchev–Trinajstić information content (AvgIpc) is 3.05. The van der Waals surface area contributed by atoms with E-state index in [1.54, 1.807) is 16.2 Å². The van der Waals surface area contributed by atoms with Crippen LogP contribution in [0.25, 0.3) is 0 Å². The minimum Gasteiger partial charge on any atom is -0.469 e. The van der Waals surface area contributed by atoms with Crippen LogP contribution in [0.1, 0.15) is 25.3 Å². The van der Waals surface area contributed by atoms with Gasteiger partial charge >= 0.3 is 5.97 Å². The largest absolute Gasteiger partial charge is 0.469 e. The second-order valence-electron chi connectivity index (χ2n) is 5.25. The number of amides is 1. The minimum absolute atomic E-state index is 0.124. The molecule has 0 aromatic carbocycles. The number of hydrogen-bond donors (Lipinski definition) is 0. The maximum atomic E-state index is 12.1. The molecule has 0 bridgehead atoms. The first-order valence-electron chi connectivity index (χ1n) is 6.42. The van der Waals surface area contributed by atoms with Gasteiger partial charge in [0, 0.05) is 19.5 Å². The van der Waals surface area contributed by atoms with Gasteiger partial charge in [0.1, 0.15) is 0 Å². The summed E-state index contributed by atoms with van der Waals surface area (Å²) in [5.41, 5.74) is 0.667. The minimum atomic E-state index is -0.535. The van der Waals surface area contributed by atoms with E-state index in [2.05, 4.69) is 5.38 Å². The van der Waals surface area contributed by atoms with Crippen molar-refractivity contribution in [3.8, 4) is 0 Å². The SMILES string of the molecule is COC(=O)[C@]1(C)CCN(C(=O)CCc2ccsc2)C1. The van der Waals surface area contributed by atoms with Crippen LogP contribution >= 0.6 is 11.3 Å². The molecule has 1 atom stereocenters. The van der Waals surface area contributed by atoms with Crippen molar-refractivity contribution in [1.29, 1.82) is 0 Å². The Kier molecular flexibility index (Phi) is 4.24. The van der Waals surface area contributed by atoms with Crippen molar-refractivity contribution in [3.63, 3.8) is 0 Å². The van der Waals surface area contributed by atoms with Crippen LogP contribution in [0.5, 0.6) is 0 Å². The second kappa shape index (κ2) is 5.74. The van der Waals surface area contributed by atoms with Gasteiger partial charge in [-0.15, -0.1) is 0 Å². The molecule has 1 amide bonds. The van der Waals surface area contributed by atoms with Gasteiger partial charge in [-0.25, -0.2) is 0 Å². The Bertz CT molecular complexity index is 457. The lowest BCUT2D eigenvalue weighted by molar-refractivity contribution is -0.151. The lowest BCUT2D eigenvalue weighted by Gasteiger charge is -2.21. The number of carbonyl (C=O) groups excluding carboxylic acids is 2. The van der Waals surface area contributed by atoms with Gasteiger partial charge in [0.2, 0.25) is 5.91 Å². The van der Waals surface area contributed by atoms with E-state index < -0.39 is 5.41 Å². The van der Waals surface area contributed by atoms with Crippen LogP contribution in [-0.2, 0) is 20.7 Å². The van der Waals surface area contributed by atoms with Crippen LogP contribution in [0, 0.1) is 5.41 Å². The number of ether oxygens (including phenoxy) is 1. The van der Waals surface area contributed by atoms with E-state index in [1.807, 2.05) is 18.4 Å². The monoisotopic (exact) mass is 281 g/mol. The Labute approximate surface area is 117 Å². The first-order valence-corrected chi connectivity index (χ1v) is 7.37. The van der Waals surface area contributed by atoms with E-state index in [1.165, 1.54) is 12.7 Å². The van der Waals surface area contributed by atoms with Gasteiger partial charge in [-0.1, -0.05) is 0 Å². The summed E-state index contributed by atoms with van der Waals surface area (Å²) in [6.45, 7) is 2.99. The normalized spacial score (nSPS) is 22.5. The highest BCUT2D eigenvalue weighted by molar-refractivity contribution is 7.07. The van der Waals surface area contributed by atoms with Crippen LogP contribution in [0.2, 0.25) is 0 Å². The van der Waals surface area contributed by atoms with E-state index in [0.29, 0.717) is 25.9 Å². The Balaban J connectivity index is 1.86. The van der Waals surface area contributed by atoms with Crippen LogP contribution in [0.15, 0.2) is 16.8 Å². The molecule has 2 heterocycles. The van der Waals surface area contributed by atoms with Gasteiger partial charge in [-0.05, 0) is 42.2 Å². The number of likely N-dealkylation sites (tertiary alicyclic amines) is 1. The standard InChI is InChI=1S/C14H19NO3S/c1-14(13(17)18-2)6-7-15(10-14)12(16)4-3-11-5-8-19-9-11/h5,8-9H,3-4,6-7,10H2,1-2H3/t14-/m1/s1. The second-order valence-corrected chi connectivity index (χ2v) is 6.03. The van der Waals surface area contributed by atoms with Crippen LogP contribution in [0.3, 0.4) is 0 Å². The zero-order chi connectivity index (χ0) is 13.9. The summed E-state index contributed by atoms with van der Waals surface area (Å²) in [7, 11) is 1.40. The zero-order valence-electron chi connectivity index (χ0n) is 11.3. The molecule has 1 aromatic rings. The number of esters is 1. The maximum Gasteiger partial charge on any atom is 0.313 e. The molecule has 104 valence electrons. The summed E-state index contributed by atoms with van der Waals surface area (Å²) in [6.07, 6.45) is 1.96. The molecular weight excluding hydrogens is 262 g/mol. The third-order valence-corrected chi connectivity index (χ3v) is 4.44. The van der Waals surface area contributed by atoms with Gasteiger partial charge in [0.25, 0.3) is 0 Å². The van der Waals surface area contributed by atoms with Crippen molar-refractivity contribution in [2.24, 2.45) is 5.41 Å². The van der Waals surface area contributed by atoms with Gasteiger partial charge in [-0.3, -0.25) is 9.59 Å². The quantitative estimate of drug-likeness (QED) is 0.794.